The third-order valence-corrected chi connectivity index (χ3v) is 6.80. The van der Waals surface area contributed by atoms with Crippen LogP contribution in [-0.4, -0.2) is 62.9 Å². The van der Waals surface area contributed by atoms with Crippen molar-refractivity contribution in [2.75, 3.05) is 40.4 Å². The van der Waals surface area contributed by atoms with Gasteiger partial charge in [-0.1, -0.05) is 18.2 Å². The van der Waals surface area contributed by atoms with Crippen molar-refractivity contribution < 1.29 is 22.8 Å². The highest BCUT2D eigenvalue weighted by Crippen LogP contribution is 2.31. The van der Waals surface area contributed by atoms with E-state index in [1.807, 2.05) is 4.90 Å². The Balaban J connectivity index is 1.70. The van der Waals surface area contributed by atoms with E-state index in [2.05, 4.69) is 0 Å². The summed E-state index contributed by atoms with van der Waals surface area (Å²) in [5, 5.41) is 11.2. The molecule has 1 aliphatic heterocycles. The van der Waals surface area contributed by atoms with Gasteiger partial charge in [-0.25, -0.2) is 8.42 Å². The van der Waals surface area contributed by atoms with Crippen LogP contribution >= 0.6 is 0 Å². The summed E-state index contributed by atoms with van der Waals surface area (Å²) in [6, 6.07) is 11.1. The Bertz CT molecular complexity index is 987. The summed E-state index contributed by atoms with van der Waals surface area (Å²) in [6.07, 6.45) is 0. The maximum absolute atomic E-state index is 13.0. The van der Waals surface area contributed by atoms with Gasteiger partial charge in [-0.3, -0.25) is 15.0 Å². The van der Waals surface area contributed by atoms with Gasteiger partial charge < -0.3 is 9.47 Å². The Kier molecular flexibility index (Phi) is 6.36. The summed E-state index contributed by atoms with van der Waals surface area (Å²) in [5.74, 6) is 0.810. The summed E-state index contributed by atoms with van der Waals surface area (Å²) in [6.45, 7) is 1.98. The summed E-state index contributed by atoms with van der Waals surface area (Å²) in [5.41, 5.74) is 0.696. The van der Waals surface area contributed by atoms with E-state index in [0.717, 1.165) is 0 Å². The van der Waals surface area contributed by atoms with Crippen molar-refractivity contribution in [2.24, 2.45) is 0 Å². The van der Waals surface area contributed by atoms with Crippen LogP contribution in [0.25, 0.3) is 0 Å². The Morgan fingerprint density at radius 1 is 1.00 bits per heavy atom. The molecule has 0 amide bonds. The third kappa shape index (κ3) is 4.50. The fourth-order valence-electron chi connectivity index (χ4n) is 3.32. The second-order valence-electron chi connectivity index (χ2n) is 6.58. The fraction of sp³-hybridized carbons (Fsp3) is 0.368. The van der Waals surface area contributed by atoms with E-state index in [0.29, 0.717) is 49.8 Å². The maximum atomic E-state index is 13.0. The normalized spacial score (nSPS) is 15.8. The van der Waals surface area contributed by atoms with Crippen LogP contribution in [0.15, 0.2) is 47.4 Å². The number of hydrogen-bond acceptors (Lipinski definition) is 7. The Morgan fingerprint density at radius 2 is 1.66 bits per heavy atom. The molecule has 29 heavy (non-hydrogen) atoms. The molecule has 1 saturated heterocycles. The number of rotatable bonds is 7. The van der Waals surface area contributed by atoms with E-state index in [9.17, 15) is 18.5 Å². The van der Waals surface area contributed by atoms with E-state index in [4.69, 9.17) is 9.47 Å². The van der Waals surface area contributed by atoms with Crippen LogP contribution in [0, 0.1) is 10.1 Å². The zero-order valence-corrected chi connectivity index (χ0v) is 17.1. The van der Waals surface area contributed by atoms with Crippen molar-refractivity contribution in [2.45, 2.75) is 11.4 Å². The van der Waals surface area contributed by atoms with E-state index in [1.165, 1.54) is 36.7 Å². The molecule has 1 heterocycles. The molecular weight excluding hydrogens is 398 g/mol. The minimum Gasteiger partial charge on any atom is -0.493 e. The number of nitro groups is 1. The molecule has 3 rings (SSSR count). The quantitative estimate of drug-likeness (QED) is 0.498. The molecular formula is C19H23N3O6S. The largest absolute Gasteiger partial charge is 0.493 e. The number of piperazine rings is 1. The summed E-state index contributed by atoms with van der Waals surface area (Å²) < 4.78 is 37.8. The SMILES string of the molecule is COc1ccc(S(=O)(=O)N2CCN(Cc3ccccc3[N+](=O)[O-])CC2)cc1OC. The molecule has 0 bridgehead atoms. The summed E-state index contributed by atoms with van der Waals surface area (Å²) in [4.78, 5) is 12.9. The number of sulfonamides is 1. The van der Waals surface area contributed by atoms with Crippen molar-refractivity contribution >= 4 is 15.7 Å². The first-order valence-electron chi connectivity index (χ1n) is 9.03. The van der Waals surface area contributed by atoms with Gasteiger partial charge in [0.15, 0.2) is 11.5 Å². The van der Waals surface area contributed by atoms with Crippen molar-refractivity contribution in [3.05, 3.63) is 58.1 Å². The summed E-state index contributed by atoms with van der Waals surface area (Å²) >= 11 is 0. The Morgan fingerprint density at radius 3 is 2.28 bits per heavy atom. The maximum Gasteiger partial charge on any atom is 0.273 e. The second-order valence-corrected chi connectivity index (χ2v) is 8.52. The van der Waals surface area contributed by atoms with Crippen LogP contribution in [0.5, 0.6) is 11.5 Å². The lowest BCUT2D eigenvalue weighted by Crippen LogP contribution is -2.48. The molecule has 2 aromatic carbocycles. The predicted octanol–water partition coefficient (Wildman–Crippen LogP) is 2.12. The molecule has 1 aliphatic rings. The standard InChI is InChI=1S/C19H23N3O6S/c1-27-18-8-7-16(13-19(18)28-2)29(25,26)21-11-9-20(10-12-21)14-15-5-3-4-6-17(15)22(23)24/h3-8,13H,9-12,14H2,1-2H3. The molecule has 0 unspecified atom stereocenters. The first-order chi connectivity index (χ1) is 13.9. The molecule has 0 N–H and O–H groups in total. The zero-order chi connectivity index (χ0) is 21.0. The van der Waals surface area contributed by atoms with Crippen molar-refractivity contribution in [1.82, 2.24) is 9.21 Å². The van der Waals surface area contributed by atoms with Gasteiger partial charge in [-0.15, -0.1) is 0 Å². The molecule has 0 saturated carbocycles. The monoisotopic (exact) mass is 421 g/mol. The highest BCUT2D eigenvalue weighted by Gasteiger charge is 2.30. The zero-order valence-electron chi connectivity index (χ0n) is 16.3. The fourth-order valence-corrected chi connectivity index (χ4v) is 4.76. The first-order valence-corrected chi connectivity index (χ1v) is 10.5. The van der Waals surface area contributed by atoms with Gasteiger partial charge in [-0.2, -0.15) is 4.31 Å². The second kappa shape index (κ2) is 8.76. The van der Waals surface area contributed by atoms with Gasteiger partial charge in [-0.05, 0) is 12.1 Å². The number of ether oxygens (including phenoxy) is 2. The Hall–Kier alpha value is -2.69. The van der Waals surface area contributed by atoms with Crippen LogP contribution in [0.2, 0.25) is 0 Å². The molecule has 0 aliphatic carbocycles. The minimum atomic E-state index is -3.67. The molecule has 2 aromatic rings. The molecule has 156 valence electrons. The number of methoxy groups -OCH3 is 2. The van der Waals surface area contributed by atoms with E-state index < -0.39 is 14.9 Å². The van der Waals surface area contributed by atoms with Gasteiger partial charge in [0.25, 0.3) is 5.69 Å². The van der Waals surface area contributed by atoms with Crippen molar-refractivity contribution in [3.63, 3.8) is 0 Å². The van der Waals surface area contributed by atoms with Crippen LogP contribution < -0.4 is 9.47 Å². The lowest BCUT2D eigenvalue weighted by Gasteiger charge is -2.34. The van der Waals surface area contributed by atoms with Crippen LogP contribution in [0.4, 0.5) is 5.69 Å². The summed E-state index contributed by atoms with van der Waals surface area (Å²) in [7, 11) is -0.732. The van der Waals surface area contributed by atoms with E-state index >= 15 is 0 Å². The molecule has 0 atom stereocenters. The van der Waals surface area contributed by atoms with E-state index in [1.54, 1.807) is 24.3 Å². The number of benzene rings is 2. The number of para-hydroxylation sites is 1. The molecule has 1 fully saturated rings. The van der Waals surface area contributed by atoms with Gasteiger partial charge >= 0.3 is 0 Å². The first kappa shape index (κ1) is 21.0. The predicted molar refractivity (Wildman–Crippen MR) is 107 cm³/mol. The third-order valence-electron chi connectivity index (χ3n) is 4.91. The molecule has 0 spiro atoms. The van der Waals surface area contributed by atoms with Crippen molar-refractivity contribution in [1.29, 1.82) is 0 Å². The molecule has 0 radical (unpaired) electrons. The van der Waals surface area contributed by atoms with Gasteiger partial charge in [0.05, 0.1) is 24.0 Å². The number of nitro benzene ring substituents is 1. The van der Waals surface area contributed by atoms with Crippen LogP contribution in [-0.2, 0) is 16.6 Å². The lowest BCUT2D eigenvalue weighted by molar-refractivity contribution is -0.385. The van der Waals surface area contributed by atoms with E-state index in [-0.39, 0.29) is 10.6 Å². The van der Waals surface area contributed by atoms with Crippen LogP contribution in [0.1, 0.15) is 5.56 Å². The molecule has 0 aromatic heterocycles. The van der Waals surface area contributed by atoms with Gasteiger partial charge in [0.2, 0.25) is 10.0 Å². The van der Waals surface area contributed by atoms with Crippen LogP contribution in [0.3, 0.4) is 0 Å². The highest BCUT2D eigenvalue weighted by molar-refractivity contribution is 7.89. The van der Waals surface area contributed by atoms with Gasteiger partial charge in [0, 0.05) is 50.4 Å². The number of hydrogen-bond donors (Lipinski definition) is 0. The number of nitrogens with zero attached hydrogens (tertiary/aromatic N) is 3. The average molecular weight is 421 g/mol. The molecule has 9 nitrogen and oxygen atoms in total. The van der Waals surface area contributed by atoms with Gasteiger partial charge in [0.1, 0.15) is 0 Å². The molecule has 10 heteroatoms. The Labute approximate surface area is 169 Å². The topological polar surface area (TPSA) is 102 Å². The lowest BCUT2D eigenvalue weighted by atomic mass is 10.1. The minimum absolute atomic E-state index is 0.0767. The smallest absolute Gasteiger partial charge is 0.273 e. The average Bonchev–Trinajstić information content (AvgIpc) is 2.73. The highest BCUT2D eigenvalue weighted by atomic mass is 32.2. The van der Waals surface area contributed by atoms with Crippen molar-refractivity contribution in [3.8, 4) is 11.5 Å².